The molecule has 2 nitrogen and oxygen atoms in total. The quantitative estimate of drug-likeness (QED) is 0.837. The average Bonchev–Trinajstić information content (AvgIpc) is 3.11. The number of thiophene rings is 1. The number of hydrogen-bond acceptors (Lipinski definition) is 3. The first-order valence-electron chi connectivity index (χ1n) is 7.25. The van der Waals surface area contributed by atoms with Crippen molar-refractivity contribution in [2.45, 2.75) is 24.8 Å². The van der Waals surface area contributed by atoms with Crippen molar-refractivity contribution in [2.75, 3.05) is 19.7 Å². The molecule has 3 heterocycles. The van der Waals surface area contributed by atoms with Gasteiger partial charge in [0, 0.05) is 27.8 Å². The number of likely N-dealkylation sites (tertiary alicyclic amines) is 1. The normalized spacial score (nSPS) is 20.8. The van der Waals surface area contributed by atoms with Crippen molar-refractivity contribution in [1.29, 1.82) is 0 Å². The highest BCUT2D eigenvalue weighted by Crippen LogP contribution is 2.45. The number of para-hydroxylation sites is 1. The first-order chi connectivity index (χ1) is 9.86. The highest BCUT2D eigenvalue weighted by molar-refractivity contribution is 7.09. The van der Waals surface area contributed by atoms with E-state index in [-0.39, 0.29) is 5.41 Å². The van der Waals surface area contributed by atoms with Gasteiger partial charge in [-0.15, -0.1) is 11.3 Å². The number of fused-ring (bicyclic) bond motifs is 2. The lowest BCUT2D eigenvalue weighted by Crippen LogP contribution is -2.43. The van der Waals surface area contributed by atoms with Gasteiger partial charge < -0.3 is 4.74 Å². The molecule has 2 aliphatic heterocycles. The van der Waals surface area contributed by atoms with Crippen LogP contribution in [0.4, 0.5) is 0 Å². The lowest BCUT2D eigenvalue weighted by Gasteiger charge is -2.38. The van der Waals surface area contributed by atoms with Crippen molar-refractivity contribution in [3.63, 3.8) is 0 Å². The third kappa shape index (κ3) is 2.05. The van der Waals surface area contributed by atoms with E-state index >= 15 is 0 Å². The molecule has 2 aliphatic rings. The zero-order valence-corrected chi connectivity index (χ0v) is 12.3. The monoisotopic (exact) mass is 284 g/mol. The molecular formula is C17H18NOS. The summed E-state index contributed by atoms with van der Waals surface area (Å²) >= 11 is 1.74. The molecule has 0 bridgehead atoms. The van der Waals surface area contributed by atoms with Crippen LogP contribution >= 0.6 is 11.3 Å². The maximum atomic E-state index is 5.91. The highest BCUT2D eigenvalue weighted by atomic mass is 32.1. The molecule has 0 aliphatic carbocycles. The minimum Gasteiger partial charge on any atom is -0.492 e. The summed E-state index contributed by atoms with van der Waals surface area (Å²) in [5.41, 5.74) is 1.71. The zero-order valence-electron chi connectivity index (χ0n) is 11.5. The number of rotatable bonds is 2. The molecule has 0 unspecified atom stereocenters. The number of benzene rings is 1. The average molecular weight is 284 g/mol. The Morgan fingerprint density at radius 2 is 2.05 bits per heavy atom. The second-order valence-corrected chi connectivity index (χ2v) is 6.83. The lowest BCUT2D eigenvalue weighted by molar-refractivity contribution is 0.131. The van der Waals surface area contributed by atoms with Crippen LogP contribution in [0.2, 0.25) is 0 Å². The van der Waals surface area contributed by atoms with E-state index in [1.165, 1.54) is 23.3 Å². The molecule has 4 rings (SSSR count). The maximum absolute atomic E-state index is 5.91. The van der Waals surface area contributed by atoms with Crippen LogP contribution in [0.5, 0.6) is 5.75 Å². The number of ether oxygens (including phenoxy) is 1. The molecule has 2 aromatic rings. The molecule has 1 saturated heterocycles. The molecule has 3 heteroatoms. The van der Waals surface area contributed by atoms with E-state index in [9.17, 15) is 0 Å². The van der Waals surface area contributed by atoms with Gasteiger partial charge in [0.05, 0.1) is 6.61 Å². The molecular weight excluding hydrogens is 266 g/mol. The lowest BCUT2D eigenvalue weighted by atomic mass is 9.74. The number of nitrogens with zero attached hydrogens (tertiary/aromatic N) is 1. The second-order valence-electron chi connectivity index (χ2n) is 5.86. The molecule has 1 aromatic carbocycles. The van der Waals surface area contributed by atoms with Gasteiger partial charge in [0.2, 0.25) is 0 Å². The Hall–Kier alpha value is -1.32. The molecule has 0 atom stereocenters. The molecule has 20 heavy (non-hydrogen) atoms. The van der Waals surface area contributed by atoms with Crippen molar-refractivity contribution < 1.29 is 4.74 Å². The summed E-state index contributed by atoms with van der Waals surface area (Å²) in [5.74, 6) is 1.11. The van der Waals surface area contributed by atoms with Gasteiger partial charge in [0.15, 0.2) is 0 Å². The Kier molecular flexibility index (Phi) is 3.04. The van der Waals surface area contributed by atoms with Crippen LogP contribution < -0.4 is 4.74 Å². The van der Waals surface area contributed by atoms with Gasteiger partial charge in [0.1, 0.15) is 5.75 Å². The molecule has 103 valence electrons. The van der Waals surface area contributed by atoms with E-state index in [2.05, 4.69) is 40.6 Å². The summed E-state index contributed by atoms with van der Waals surface area (Å²) < 4.78 is 5.91. The molecule has 0 saturated carbocycles. The summed E-state index contributed by atoms with van der Waals surface area (Å²) in [6.45, 7) is 4.27. The predicted molar refractivity (Wildman–Crippen MR) is 81.3 cm³/mol. The van der Waals surface area contributed by atoms with E-state index < -0.39 is 0 Å². The third-order valence-corrected chi connectivity index (χ3v) is 5.46. The fourth-order valence-electron chi connectivity index (χ4n) is 3.45. The fraction of sp³-hybridized carbons (Fsp3) is 0.412. The fourth-order valence-corrected chi connectivity index (χ4v) is 4.12. The Morgan fingerprint density at radius 3 is 2.85 bits per heavy atom. The highest BCUT2D eigenvalue weighted by Gasteiger charge is 2.42. The van der Waals surface area contributed by atoms with Gasteiger partial charge in [-0.3, -0.25) is 4.90 Å². The minimum absolute atomic E-state index is 0.272. The summed E-state index contributed by atoms with van der Waals surface area (Å²) in [5, 5.41) is 3.18. The van der Waals surface area contributed by atoms with Crippen LogP contribution in [0.3, 0.4) is 0 Å². The Balaban J connectivity index is 1.47. The van der Waals surface area contributed by atoms with Gasteiger partial charge in [-0.1, -0.05) is 18.2 Å². The standard InChI is InChI=1S/C17H18NOS/c1-2-6-16-15(5-1)17(13-19-16)7-9-18(10-8-17)12-14-4-3-11-20-14/h1-6H,7-10,12-13H2. The summed E-state index contributed by atoms with van der Waals surface area (Å²) in [6, 6.07) is 12.8. The van der Waals surface area contributed by atoms with Gasteiger partial charge in [-0.25, -0.2) is 0 Å². The largest absolute Gasteiger partial charge is 0.492 e. The van der Waals surface area contributed by atoms with Crippen LogP contribution in [0.25, 0.3) is 0 Å². The minimum atomic E-state index is 0.272. The van der Waals surface area contributed by atoms with Crippen molar-refractivity contribution in [1.82, 2.24) is 4.90 Å². The Labute approximate surface area is 124 Å². The SMILES string of the molecule is [c]1ccc(CN2CCC3(CC2)COc2ccccc23)s1. The summed E-state index contributed by atoms with van der Waals surface area (Å²) in [6.07, 6.45) is 2.41. The second kappa shape index (κ2) is 4.90. The van der Waals surface area contributed by atoms with Gasteiger partial charge in [0.25, 0.3) is 0 Å². The van der Waals surface area contributed by atoms with Gasteiger partial charge >= 0.3 is 0 Å². The van der Waals surface area contributed by atoms with E-state index in [0.717, 1.165) is 32.0 Å². The molecule has 1 fully saturated rings. The van der Waals surface area contributed by atoms with Crippen LogP contribution in [0.15, 0.2) is 36.4 Å². The van der Waals surface area contributed by atoms with Crippen molar-refractivity contribution >= 4 is 11.3 Å². The third-order valence-electron chi connectivity index (χ3n) is 4.68. The smallest absolute Gasteiger partial charge is 0.123 e. The summed E-state index contributed by atoms with van der Waals surface area (Å²) in [4.78, 5) is 3.98. The molecule has 0 amide bonds. The number of hydrogen-bond donors (Lipinski definition) is 0. The number of piperidine rings is 1. The molecule has 1 aromatic heterocycles. The summed E-state index contributed by atoms with van der Waals surface area (Å²) in [7, 11) is 0. The predicted octanol–water partition coefficient (Wildman–Crippen LogP) is 3.47. The topological polar surface area (TPSA) is 12.5 Å². The van der Waals surface area contributed by atoms with E-state index in [1.54, 1.807) is 11.3 Å². The first-order valence-corrected chi connectivity index (χ1v) is 8.07. The van der Waals surface area contributed by atoms with Crippen LogP contribution in [-0.4, -0.2) is 24.6 Å². The van der Waals surface area contributed by atoms with Gasteiger partial charge in [-0.05, 0) is 44.1 Å². The van der Waals surface area contributed by atoms with E-state index in [1.807, 2.05) is 6.07 Å². The van der Waals surface area contributed by atoms with Crippen molar-refractivity contribution in [3.05, 3.63) is 52.2 Å². The van der Waals surface area contributed by atoms with Crippen LogP contribution in [-0.2, 0) is 12.0 Å². The zero-order chi connectivity index (χ0) is 13.4. The Morgan fingerprint density at radius 1 is 1.20 bits per heavy atom. The molecule has 0 N–H and O–H groups in total. The van der Waals surface area contributed by atoms with Crippen LogP contribution in [0.1, 0.15) is 23.3 Å². The van der Waals surface area contributed by atoms with Crippen LogP contribution in [0, 0.1) is 5.38 Å². The van der Waals surface area contributed by atoms with Crippen molar-refractivity contribution in [3.8, 4) is 5.75 Å². The van der Waals surface area contributed by atoms with Crippen molar-refractivity contribution in [2.24, 2.45) is 0 Å². The maximum Gasteiger partial charge on any atom is 0.123 e. The van der Waals surface area contributed by atoms with E-state index in [0.29, 0.717) is 0 Å². The Bertz CT molecular complexity index is 585. The molecule has 1 spiro atoms. The van der Waals surface area contributed by atoms with Gasteiger partial charge in [-0.2, -0.15) is 0 Å². The first kappa shape index (κ1) is 12.4. The van der Waals surface area contributed by atoms with E-state index in [4.69, 9.17) is 4.74 Å². The molecule has 1 radical (unpaired) electrons.